The predicted molar refractivity (Wildman–Crippen MR) is 63.6 cm³/mol. The fourth-order valence-electron chi connectivity index (χ4n) is 2.64. The molecule has 1 N–H and O–H groups in total. The van der Waals surface area contributed by atoms with Gasteiger partial charge >= 0.3 is 0 Å². The molecule has 1 fully saturated rings. The van der Waals surface area contributed by atoms with Crippen molar-refractivity contribution >= 4 is 0 Å². The van der Waals surface area contributed by atoms with Gasteiger partial charge < -0.3 is 5.32 Å². The minimum atomic E-state index is 0.400. The molecule has 1 nitrogen and oxygen atoms in total. The van der Waals surface area contributed by atoms with Gasteiger partial charge in [0.15, 0.2) is 0 Å². The monoisotopic (exact) mass is 197 g/mol. The van der Waals surface area contributed by atoms with E-state index in [4.69, 9.17) is 0 Å². The van der Waals surface area contributed by atoms with E-state index in [1.807, 2.05) is 0 Å². The molecule has 1 saturated carbocycles. The van der Waals surface area contributed by atoms with E-state index in [1.165, 1.54) is 51.4 Å². The van der Waals surface area contributed by atoms with Crippen LogP contribution in [0.4, 0.5) is 0 Å². The summed E-state index contributed by atoms with van der Waals surface area (Å²) in [6, 6.07) is 0.806. The Bertz CT molecular complexity index is 149. The van der Waals surface area contributed by atoms with Gasteiger partial charge in [-0.15, -0.1) is 0 Å². The van der Waals surface area contributed by atoms with Crippen molar-refractivity contribution < 1.29 is 0 Å². The van der Waals surface area contributed by atoms with Crippen LogP contribution >= 0.6 is 0 Å². The van der Waals surface area contributed by atoms with Gasteiger partial charge in [-0.25, -0.2) is 0 Å². The van der Waals surface area contributed by atoms with Gasteiger partial charge in [0.2, 0.25) is 0 Å². The molecule has 1 heteroatoms. The highest BCUT2D eigenvalue weighted by Crippen LogP contribution is 2.23. The minimum absolute atomic E-state index is 0.400. The van der Waals surface area contributed by atoms with E-state index in [0.29, 0.717) is 5.54 Å². The molecule has 0 bridgehead atoms. The van der Waals surface area contributed by atoms with Crippen molar-refractivity contribution in [1.82, 2.24) is 5.32 Å². The molecular formula is C13H27N. The number of hydrogen-bond acceptors (Lipinski definition) is 1. The second kappa shape index (κ2) is 5.75. The van der Waals surface area contributed by atoms with Gasteiger partial charge in [0, 0.05) is 11.6 Å². The summed E-state index contributed by atoms with van der Waals surface area (Å²) in [5.41, 5.74) is 0.400. The summed E-state index contributed by atoms with van der Waals surface area (Å²) in [4.78, 5) is 0. The maximum Gasteiger partial charge on any atom is 0.0153 e. The van der Waals surface area contributed by atoms with Crippen LogP contribution in [0, 0.1) is 0 Å². The van der Waals surface area contributed by atoms with E-state index in [1.54, 1.807) is 0 Å². The SMILES string of the molecule is CCCC(C)(CC)NC1CCCCC1. The average Bonchev–Trinajstić information content (AvgIpc) is 2.20. The van der Waals surface area contributed by atoms with Gasteiger partial charge in [0.1, 0.15) is 0 Å². The van der Waals surface area contributed by atoms with E-state index in [-0.39, 0.29) is 0 Å². The molecule has 1 unspecified atom stereocenters. The van der Waals surface area contributed by atoms with E-state index < -0.39 is 0 Å². The minimum Gasteiger partial charge on any atom is -0.309 e. The standard InChI is InChI=1S/C13H27N/c1-4-11-13(3,5-2)14-12-9-7-6-8-10-12/h12,14H,4-11H2,1-3H3. The smallest absolute Gasteiger partial charge is 0.0153 e. The third-order valence-corrected chi connectivity index (χ3v) is 3.74. The van der Waals surface area contributed by atoms with Crippen molar-refractivity contribution in [1.29, 1.82) is 0 Å². The molecule has 0 spiro atoms. The fraction of sp³-hybridized carbons (Fsp3) is 1.00. The molecule has 0 aromatic rings. The van der Waals surface area contributed by atoms with Gasteiger partial charge in [-0.1, -0.05) is 39.5 Å². The summed E-state index contributed by atoms with van der Waals surface area (Å²) in [5.74, 6) is 0. The van der Waals surface area contributed by atoms with E-state index in [0.717, 1.165) is 6.04 Å². The lowest BCUT2D eigenvalue weighted by atomic mass is 9.88. The van der Waals surface area contributed by atoms with E-state index in [9.17, 15) is 0 Å². The van der Waals surface area contributed by atoms with Crippen molar-refractivity contribution in [3.05, 3.63) is 0 Å². The number of nitrogens with one attached hydrogen (secondary N) is 1. The van der Waals surface area contributed by atoms with Crippen molar-refractivity contribution in [3.63, 3.8) is 0 Å². The summed E-state index contributed by atoms with van der Waals surface area (Å²) in [5, 5.41) is 3.88. The van der Waals surface area contributed by atoms with Crippen molar-refractivity contribution in [2.45, 2.75) is 83.7 Å². The van der Waals surface area contributed by atoms with Crippen LogP contribution in [0.2, 0.25) is 0 Å². The number of rotatable bonds is 5. The molecule has 0 amide bonds. The number of hydrogen-bond donors (Lipinski definition) is 1. The van der Waals surface area contributed by atoms with Gasteiger partial charge in [-0.2, -0.15) is 0 Å². The fourth-order valence-corrected chi connectivity index (χ4v) is 2.64. The molecular weight excluding hydrogens is 170 g/mol. The van der Waals surface area contributed by atoms with Crippen LogP contribution in [0.5, 0.6) is 0 Å². The largest absolute Gasteiger partial charge is 0.309 e. The quantitative estimate of drug-likeness (QED) is 0.705. The second-order valence-electron chi connectivity index (χ2n) is 5.14. The highest BCUT2D eigenvalue weighted by atomic mass is 15.0. The average molecular weight is 197 g/mol. The molecule has 1 aliphatic rings. The van der Waals surface area contributed by atoms with E-state index in [2.05, 4.69) is 26.1 Å². The Morgan fingerprint density at radius 3 is 2.29 bits per heavy atom. The van der Waals surface area contributed by atoms with Crippen LogP contribution in [0.25, 0.3) is 0 Å². The molecule has 0 radical (unpaired) electrons. The molecule has 0 aromatic heterocycles. The molecule has 84 valence electrons. The Balaban J connectivity index is 2.37. The molecule has 0 saturated heterocycles. The van der Waals surface area contributed by atoms with Gasteiger partial charge in [0.25, 0.3) is 0 Å². The van der Waals surface area contributed by atoms with Crippen molar-refractivity contribution in [2.75, 3.05) is 0 Å². The topological polar surface area (TPSA) is 12.0 Å². The lowest BCUT2D eigenvalue weighted by molar-refractivity contribution is 0.242. The summed E-state index contributed by atoms with van der Waals surface area (Å²) in [7, 11) is 0. The molecule has 1 rings (SSSR count). The molecule has 0 aromatic carbocycles. The Labute approximate surface area is 89.7 Å². The molecule has 0 heterocycles. The maximum absolute atomic E-state index is 3.88. The molecule has 1 atom stereocenters. The first kappa shape index (κ1) is 12.0. The zero-order valence-electron chi connectivity index (χ0n) is 10.2. The molecule has 14 heavy (non-hydrogen) atoms. The zero-order valence-corrected chi connectivity index (χ0v) is 10.2. The lowest BCUT2D eigenvalue weighted by Crippen LogP contribution is -2.48. The van der Waals surface area contributed by atoms with Gasteiger partial charge in [-0.05, 0) is 32.6 Å². The predicted octanol–water partition coefficient (Wildman–Crippen LogP) is 3.88. The lowest BCUT2D eigenvalue weighted by Gasteiger charge is -2.36. The Morgan fingerprint density at radius 1 is 1.14 bits per heavy atom. The first-order valence-electron chi connectivity index (χ1n) is 6.48. The highest BCUT2D eigenvalue weighted by molar-refractivity contribution is 4.86. The third-order valence-electron chi connectivity index (χ3n) is 3.74. The van der Waals surface area contributed by atoms with Crippen molar-refractivity contribution in [2.24, 2.45) is 0 Å². The first-order chi connectivity index (χ1) is 6.70. The Kier molecular flexibility index (Phi) is 4.94. The summed E-state index contributed by atoms with van der Waals surface area (Å²) in [6.07, 6.45) is 11.0. The van der Waals surface area contributed by atoms with Crippen LogP contribution in [0.3, 0.4) is 0 Å². The Hall–Kier alpha value is -0.0400. The van der Waals surface area contributed by atoms with Crippen LogP contribution in [0.15, 0.2) is 0 Å². The van der Waals surface area contributed by atoms with Crippen LogP contribution in [0.1, 0.15) is 72.1 Å². The molecule has 1 aliphatic carbocycles. The summed E-state index contributed by atoms with van der Waals surface area (Å²) in [6.45, 7) is 6.99. The summed E-state index contributed by atoms with van der Waals surface area (Å²) < 4.78 is 0. The van der Waals surface area contributed by atoms with E-state index >= 15 is 0 Å². The molecule has 0 aliphatic heterocycles. The maximum atomic E-state index is 3.88. The second-order valence-corrected chi connectivity index (χ2v) is 5.14. The van der Waals surface area contributed by atoms with Gasteiger partial charge in [0.05, 0.1) is 0 Å². The van der Waals surface area contributed by atoms with Crippen LogP contribution in [-0.4, -0.2) is 11.6 Å². The summed E-state index contributed by atoms with van der Waals surface area (Å²) >= 11 is 0. The van der Waals surface area contributed by atoms with Crippen LogP contribution in [-0.2, 0) is 0 Å². The van der Waals surface area contributed by atoms with Crippen LogP contribution < -0.4 is 5.32 Å². The zero-order chi connectivity index (χ0) is 10.4. The Morgan fingerprint density at radius 2 is 1.79 bits per heavy atom. The highest BCUT2D eigenvalue weighted by Gasteiger charge is 2.25. The third kappa shape index (κ3) is 3.61. The van der Waals surface area contributed by atoms with Crippen molar-refractivity contribution in [3.8, 4) is 0 Å². The normalized spacial score (nSPS) is 23.4. The van der Waals surface area contributed by atoms with Gasteiger partial charge in [-0.3, -0.25) is 0 Å². The first-order valence-corrected chi connectivity index (χ1v) is 6.48.